The summed E-state index contributed by atoms with van der Waals surface area (Å²) in [5.41, 5.74) is 0.507. The van der Waals surface area contributed by atoms with Gasteiger partial charge >= 0.3 is 6.03 Å². The van der Waals surface area contributed by atoms with Crippen molar-refractivity contribution >= 4 is 17.6 Å². The predicted molar refractivity (Wildman–Crippen MR) is 82.5 cm³/mol. The molecule has 2 saturated heterocycles. The Kier molecular flexibility index (Phi) is 4.47. The molecule has 6 nitrogen and oxygen atoms in total. The van der Waals surface area contributed by atoms with Gasteiger partial charge in [0.25, 0.3) is 0 Å². The van der Waals surface area contributed by atoms with Crippen molar-refractivity contribution in [3.63, 3.8) is 0 Å². The number of aliphatic hydroxyl groups excluding tert-OH is 1. The lowest BCUT2D eigenvalue weighted by atomic mass is 10.1. The molecule has 23 heavy (non-hydrogen) atoms. The van der Waals surface area contributed by atoms with Gasteiger partial charge in [-0.25, -0.2) is 9.18 Å². The van der Waals surface area contributed by atoms with Crippen molar-refractivity contribution in [2.45, 2.75) is 31.4 Å². The van der Waals surface area contributed by atoms with Crippen LogP contribution in [-0.4, -0.2) is 53.7 Å². The quantitative estimate of drug-likeness (QED) is 0.857. The summed E-state index contributed by atoms with van der Waals surface area (Å²) in [5.74, 6) is -0.523. The molecule has 1 aromatic rings. The lowest BCUT2D eigenvalue weighted by molar-refractivity contribution is -0.117. The molecular weight excluding hydrogens is 301 g/mol. The highest BCUT2D eigenvalue weighted by atomic mass is 19.1. The molecule has 2 aliphatic heterocycles. The Morgan fingerprint density at radius 2 is 2.04 bits per heavy atom. The van der Waals surface area contributed by atoms with Gasteiger partial charge in [-0.3, -0.25) is 4.79 Å². The average Bonchev–Trinajstić information content (AvgIpc) is 2.88. The van der Waals surface area contributed by atoms with Gasteiger partial charge in [0.2, 0.25) is 5.91 Å². The highest BCUT2D eigenvalue weighted by Gasteiger charge is 2.33. The molecule has 124 valence electrons. The molecule has 0 aliphatic carbocycles. The van der Waals surface area contributed by atoms with Crippen LogP contribution >= 0.6 is 0 Å². The van der Waals surface area contributed by atoms with Crippen LogP contribution in [0.15, 0.2) is 24.3 Å². The Bertz CT molecular complexity index is 602. The molecule has 2 fully saturated rings. The number of urea groups is 1. The fraction of sp³-hybridized carbons (Fsp3) is 0.500. The third-order valence-electron chi connectivity index (χ3n) is 4.32. The van der Waals surface area contributed by atoms with Crippen molar-refractivity contribution in [3.05, 3.63) is 30.1 Å². The van der Waals surface area contributed by atoms with E-state index in [9.17, 15) is 19.1 Å². The third kappa shape index (κ3) is 3.61. The number of likely N-dealkylation sites (tertiary alicyclic amines) is 1. The SMILES string of the molecule is O=C(N[C@H]1CC(=O)N(c2cccc(F)c2)C1)N1CCC(O)CC1. The number of nitrogens with one attached hydrogen (secondary N) is 1. The average molecular weight is 321 g/mol. The summed E-state index contributed by atoms with van der Waals surface area (Å²) >= 11 is 0. The third-order valence-corrected chi connectivity index (χ3v) is 4.32. The standard InChI is InChI=1S/C16H20FN3O3/c17-11-2-1-3-13(8-11)20-10-12(9-15(20)22)18-16(23)19-6-4-14(21)5-7-19/h1-3,8,12,14,21H,4-7,9-10H2,(H,18,23)/t12-/m0/s1. The van der Waals surface area contributed by atoms with Crippen molar-refractivity contribution in [1.29, 1.82) is 0 Å². The number of amides is 3. The first-order valence-electron chi connectivity index (χ1n) is 7.82. The number of rotatable bonds is 2. The number of hydrogen-bond acceptors (Lipinski definition) is 3. The molecule has 2 N–H and O–H groups in total. The Morgan fingerprint density at radius 3 is 2.74 bits per heavy atom. The largest absolute Gasteiger partial charge is 0.393 e. The van der Waals surface area contributed by atoms with Crippen molar-refractivity contribution in [2.75, 3.05) is 24.5 Å². The normalized spacial score (nSPS) is 22.5. The molecule has 0 saturated carbocycles. The van der Waals surface area contributed by atoms with Gasteiger partial charge in [-0.05, 0) is 31.0 Å². The highest BCUT2D eigenvalue weighted by Crippen LogP contribution is 2.22. The van der Waals surface area contributed by atoms with Crippen molar-refractivity contribution < 1.29 is 19.1 Å². The molecule has 0 spiro atoms. The Morgan fingerprint density at radius 1 is 1.30 bits per heavy atom. The molecule has 3 rings (SSSR count). The summed E-state index contributed by atoms with van der Waals surface area (Å²) in [4.78, 5) is 27.5. The Hall–Kier alpha value is -2.15. The van der Waals surface area contributed by atoms with Gasteiger partial charge in [-0.2, -0.15) is 0 Å². The maximum absolute atomic E-state index is 13.3. The van der Waals surface area contributed by atoms with Gasteiger partial charge in [0.1, 0.15) is 5.82 Å². The van der Waals surface area contributed by atoms with E-state index in [1.54, 1.807) is 17.0 Å². The number of aliphatic hydroxyl groups is 1. The number of carbonyl (C=O) groups excluding carboxylic acids is 2. The van der Waals surface area contributed by atoms with Gasteiger partial charge in [-0.1, -0.05) is 6.07 Å². The molecule has 3 amide bonds. The second kappa shape index (κ2) is 6.54. The summed E-state index contributed by atoms with van der Waals surface area (Å²) in [6.45, 7) is 1.37. The van der Waals surface area contributed by atoms with E-state index in [0.717, 1.165) is 0 Å². The van der Waals surface area contributed by atoms with Gasteiger partial charge in [-0.15, -0.1) is 0 Å². The van der Waals surface area contributed by atoms with Crippen LogP contribution in [0.25, 0.3) is 0 Å². The van der Waals surface area contributed by atoms with E-state index >= 15 is 0 Å². The zero-order valence-corrected chi connectivity index (χ0v) is 12.7. The highest BCUT2D eigenvalue weighted by molar-refractivity contribution is 5.96. The van der Waals surface area contributed by atoms with Crippen LogP contribution in [0.5, 0.6) is 0 Å². The maximum atomic E-state index is 13.3. The number of benzene rings is 1. The first kappa shape index (κ1) is 15.7. The Labute approximate surface area is 133 Å². The smallest absolute Gasteiger partial charge is 0.317 e. The summed E-state index contributed by atoms with van der Waals surface area (Å²) in [6, 6.07) is 5.38. The second-order valence-electron chi connectivity index (χ2n) is 6.05. The zero-order chi connectivity index (χ0) is 16.4. The van der Waals surface area contributed by atoms with Crippen molar-refractivity contribution in [2.24, 2.45) is 0 Å². The predicted octanol–water partition coefficient (Wildman–Crippen LogP) is 1.10. The van der Waals surface area contributed by atoms with Gasteiger partial charge in [0.05, 0.1) is 12.1 Å². The van der Waals surface area contributed by atoms with E-state index in [4.69, 9.17) is 0 Å². The van der Waals surface area contributed by atoms with Crippen LogP contribution < -0.4 is 10.2 Å². The summed E-state index contributed by atoms with van der Waals surface area (Å²) < 4.78 is 13.3. The first-order chi connectivity index (χ1) is 11.0. The van der Waals surface area contributed by atoms with E-state index in [1.165, 1.54) is 17.0 Å². The molecule has 1 atom stereocenters. The number of nitrogens with zero attached hydrogens (tertiary/aromatic N) is 2. The van der Waals surface area contributed by atoms with E-state index in [-0.39, 0.29) is 30.5 Å². The van der Waals surface area contributed by atoms with E-state index in [0.29, 0.717) is 38.2 Å². The van der Waals surface area contributed by atoms with Crippen LogP contribution in [0.2, 0.25) is 0 Å². The number of anilines is 1. The number of piperidine rings is 1. The minimum atomic E-state index is -0.394. The van der Waals surface area contributed by atoms with Gasteiger partial charge < -0.3 is 20.2 Å². The molecule has 0 radical (unpaired) electrons. The molecule has 2 heterocycles. The molecule has 2 aliphatic rings. The van der Waals surface area contributed by atoms with Gasteiger partial charge in [0, 0.05) is 31.7 Å². The van der Waals surface area contributed by atoms with Gasteiger partial charge in [0.15, 0.2) is 0 Å². The zero-order valence-electron chi connectivity index (χ0n) is 12.7. The maximum Gasteiger partial charge on any atom is 0.317 e. The summed E-state index contributed by atoms with van der Waals surface area (Å²) in [6.07, 6.45) is 1.02. The molecule has 7 heteroatoms. The number of carbonyl (C=O) groups is 2. The van der Waals surface area contributed by atoms with Crippen molar-refractivity contribution in [3.8, 4) is 0 Å². The topological polar surface area (TPSA) is 72.9 Å². The first-order valence-corrected chi connectivity index (χ1v) is 7.82. The number of hydrogen-bond donors (Lipinski definition) is 2. The molecular formula is C16H20FN3O3. The van der Waals surface area contributed by atoms with Crippen LogP contribution in [0.4, 0.5) is 14.9 Å². The monoisotopic (exact) mass is 321 g/mol. The van der Waals surface area contributed by atoms with Crippen molar-refractivity contribution in [1.82, 2.24) is 10.2 Å². The van der Waals surface area contributed by atoms with Crippen LogP contribution in [0, 0.1) is 5.82 Å². The second-order valence-corrected chi connectivity index (χ2v) is 6.05. The fourth-order valence-electron chi connectivity index (χ4n) is 3.03. The molecule has 1 aromatic carbocycles. The van der Waals surface area contributed by atoms with E-state index < -0.39 is 5.82 Å². The molecule has 0 unspecified atom stereocenters. The minimum absolute atomic E-state index is 0.130. The van der Waals surface area contributed by atoms with Crippen LogP contribution in [0.3, 0.4) is 0 Å². The summed E-state index contributed by atoms with van der Waals surface area (Å²) in [7, 11) is 0. The fourth-order valence-corrected chi connectivity index (χ4v) is 3.03. The Balaban J connectivity index is 1.58. The number of halogens is 1. The lowest BCUT2D eigenvalue weighted by Gasteiger charge is -2.30. The van der Waals surface area contributed by atoms with E-state index in [1.807, 2.05) is 0 Å². The van der Waals surface area contributed by atoms with E-state index in [2.05, 4.69) is 5.32 Å². The molecule has 0 bridgehead atoms. The lowest BCUT2D eigenvalue weighted by Crippen LogP contribution is -2.49. The van der Waals surface area contributed by atoms with Crippen LogP contribution in [-0.2, 0) is 4.79 Å². The minimum Gasteiger partial charge on any atom is -0.393 e. The molecule has 0 aromatic heterocycles. The van der Waals surface area contributed by atoms with Crippen LogP contribution in [0.1, 0.15) is 19.3 Å². The summed E-state index contributed by atoms with van der Waals surface area (Å²) in [5, 5.41) is 12.3.